The van der Waals surface area contributed by atoms with Crippen LogP contribution in [0.2, 0.25) is 0 Å². The fourth-order valence-electron chi connectivity index (χ4n) is 8.05. The molecule has 3 aromatic rings. The van der Waals surface area contributed by atoms with E-state index >= 15 is 4.79 Å². The second kappa shape index (κ2) is 11.4. The Morgan fingerprint density at radius 3 is 2.26 bits per heavy atom. The fourth-order valence-corrected chi connectivity index (χ4v) is 8.05. The Hall–Kier alpha value is -4.53. The summed E-state index contributed by atoms with van der Waals surface area (Å²) in [6.45, 7) is 6.44. The van der Waals surface area contributed by atoms with E-state index in [1.165, 1.54) is 4.90 Å². The molecule has 8 heteroatoms. The van der Waals surface area contributed by atoms with Crippen LogP contribution in [0.3, 0.4) is 0 Å². The number of hydrogen-bond acceptors (Lipinski definition) is 5. The number of benzene rings is 3. The zero-order valence-corrected chi connectivity index (χ0v) is 26.4. The lowest BCUT2D eigenvalue weighted by Crippen LogP contribution is -2.57. The number of carbonyl (C=O) groups is 3. The van der Waals surface area contributed by atoms with E-state index in [4.69, 9.17) is 4.74 Å². The number of nitrogens with zero attached hydrogens (tertiary/aromatic N) is 3. The molecule has 7 rings (SSSR count). The van der Waals surface area contributed by atoms with Gasteiger partial charge in [0, 0.05) is 25.3 Å². The summed E-state index contributed by atoms with van der Waals surface area (Å²) in [7, 11) is 0. The molecule has 236 valence electrons. The molecule has 1 N–H and O–H groups in total. The van der Waals surface area contributed by atoms with Crippen molar-refractivity contribution >= 4 is 23.4 Å². The van der Waals surface area contributed by atoms with Crippen molar-refractivity contribution in [3.63, 3.8) is 0 Å². The Kier molecular flexibility index (Phi) is 7.45. The van der Waals surface area contributed by atoms with E-state index < -0.39 is 41.7 Å². The van der Waals surface area contributed by atoms with Gasteiger partial charge >= 0.3 is 0 Å². The largest absolute Gasteiger partial charge is 0.394 e. The van der Waals surface area contributed by atoms with E-state index in [1.807, 2.05) is 124 Å². The van der Waals surface area contributed by atoms with Gasteiger partial charge in [0.1, 0.15) is 11.6 Å². The number of rotatable bonds is 6. The summed E-state index contributed by atoms with van der Waals surface area (Å²) >= 11 is 0. The normalized spacial score (nSPS) is 29.3. The van der Waals surface area contributed by atoms with Gasteiger partial charge in [0.2, 0.25) is 11.8 Å². The highest BCUT2D eigenvalue weighted by molar-refractivity contribution is 6.06. The number of aryl methyl sites for hydroxylation is 2. The Morgan fingerprint density at radius 1 is 0.848 bits per heavy atom. The molecule has 3 amide bonds. The number of fused-ring (bicyclic) bond motifs is 2. The average Bonchev–Trinajstić information content (AvgIpc) is 3.33. The molecule has 0 bridgehead atoms. The first-order valence-corrected chi connectivity index (χ1v) is 15.9. The van der Waals surface area contributed by atoms with Crippen molar-refractivity contribution in [2.75, 3.05) is 24.6 Å². The standard InChI is InChI=1S/C38H39N3O5/c1-25-16-17-26(2)29(22-25)40-21-11-19-38-32(35(44)41(33(38)36(40)45)30(24-42)28-14-8-5-9-15-28)31-34(43)39(20-10-18-37(31,3)46-38)23-27-12-6-4-7-13-27/h4-19,22,30-33,42H,20-21,23-24H2,1-3H3/t30-,31+,32+,33?,37-,38+/m1/s1. The highest BCUT2D eigenvalue weighted by Crippen LogP contribution is 2.59. The van der Waals surface area contributed by atoms with E-state index in [0.29, 0.717) is 18.7 Å². The molecule has 4 aliphatic heterocycles. The Labute approximate surface area is 269 Å². The quantitative estimate of drug-likeness (QED) is 0.412. The minimum Gasteiger partial charge on any atom is -0.394 e. The summed E-state index contributed by atoms with van der Waals surface area (Å²) in [5.74, 6) is -2.72. The van der Waals surface area contributed by atoms with E-state index in [9.17, 15) is 14.7 Å². The van der Waals surface area contributed by atoms with Crippen molar-refractivity contribution in [1.82, 2.24) is 9.80 Å². The summed E-state index contributed by atoms with van der Waals surface area (Å²) in [4.78, 5) is 49.6. The summed E-state index contributed by atoms with van der Waals surface area (Å²) in [6, 6.07) is 23.1. The van der Waals surface area contributed by atoms with Crippen LogP contribution in [0, 0.1) is 25.7 Å². The van der Waals surface area contributed by atoms with Crippen LogP contribution < -0.4 is 4.90 Å². The number of aliphatic hydroxyl groups is 1. The van der Waals surface area contributed by atoms with Crippen LogP contribution in [0.1, 0.15) is 35.2 Å². The van der Waals surface area contributed by atoms with Crippen molar-refractivity contribution < 1.29 is 24.2 Å². The molecule has 0 radical (unpaired) electrons. The molecule has 2 fully saturated rings. The monoisotopic (exact) mass is 617 g/mol. The smallest absolute Gasteiger partial charge is 0.253 e. The average molecular weight is 618 g/mol. The van der Waals surface area contributed by atoms with Crippen molar-refractivity contribution in [3.05, 3.63) is 125 Å². The van der Waals surface area contributed by atoms with Crippen molar-refractivity contribution in [1.29, 1.82) is 0 Å². The third-order valence-corrected chi connectivity index (χ3v) is 10.1. The van der Waals surface area contributed by atoms with Gasteiger partial charge in [-0.2, -0.15) is 0 Å². The SMILES string of the molecule is Cc1ccc(C)c(N2CC=C[C@]34O[C@]5(C)C=CCN(Cc6ccccc6)C(=O)[C@@H]5[C@H]3C(=O)N([C@H](CO)c3ccccc3)C4C2=O)c1. The third kappa shape index (κ3) is 4.62. The van der Waals surface area contributed by atoms with Gasteiger partial charge in [0.15, 0.2) is 0 Å². The first kappa shape index (κ1) is 30.1. The van der Waals surface area contributed by atoms with Gasteiger partial charge in [-0.1, -0.05) is 97.1 Å². The van der Waals surface area contributed by atoms with Gasteiger partial charge in [0.25, 0.3) is 5.91 Å². The highest BCUT2D eigenvalue weighted by Gasteiger charge is 2.75. The first-order valence-electron chi connectivity index (χ1n) is 15.9. The number of hydrogen-bond donors (Lipinski definition) is 1. The van der Waals surface area contributed by atoms with Crippen LogP contribution in [0.5, 0.6) is 0 Å². The molecule has 3 aromatic carbocycles. The molecule has 6 atom stereocenters. The number of ether oxygens (including phenoxy) is 1. The van der Waals surface area contributed by atoms with Crippen molar-refractivity contribution in [2.24, 2.45) is 11.8 Å². The zero-order chi connectivity index (χ0) is 32.2. The first-order chi connectivity index (χ1) is 22.2. The minimum absolute atomic E-state index is 0.191. The summed E-state index contributed by atoms with van der Waals surface area (Å²) in [5.41, 5.74) is 1.81. The lowest BCUT2D eigenvalue weighted by molar-refractivity contribution is -0.151. The van der Waals surface area contributed by atoms with Crippen LogP contribution in [-0.4, -0.2) is 69.6 Å². The fraction of sp³-hybridized carbons (Fsp3) is 0.342. The van der Waals surface area contributed by atoms with Gasteiger partial charge in [-0.25, -0.2) is 0 Å². The molecule has 0 saturated carbocycles. The Morgan fingerprint density at radius 2 is 1.54 bits per heavy atom. The second-order valence-corrected chi connectivity index (χ2v) is 13.1. The summed E-state index contributed by atoms with van der Waals surface area (Å²) in [6.07, 6.45) is 7.57. The van der Waals surface area contributed by atoms with Gasteiger partial charge in [-0.05, 0) is 49.1 Å². The van der Waals surface area contributed by atoms with E-state index in [0.717, 1.165) is 22.4 Å². The third-order valence-electron chi connectivity index (χ3n) is 10.1. The van der Waals surface area contributed by atoms with E-state index in [1.54, 1.807) is 9.80 Å². The molecule has 8 nitrogen and oxygen atoms in total. The van der Waals surface area contributed by atoms with Crippen LogP contribution in [-0.2, 0) is 25.7 Å². The molecule has 0 aliphatic carbocycles. The molecule has 2 saturated heterocycles. The lowest BCUT2D eigenvalue weighted by atomic mass is 9.74. The number of amides is 3. The van der Waals surface area contributed by atoms with Crippen LogP contribution >= 0.6 is 0 Å². The topological polar surface area (TPSA) is 90.4 Å². The maximum Gasteiger partial charge on any atom is 0.253 e. The summed E-state index contributed by atoms with van der Waals surface area (Å²) < 4.78 is 7.02. The van der Waals surface area contributed by atoms with Crippen molar-refractivity contribution in [2.45, 2.75) is 50.6 Å². The molecule has 0 aromatic heterocycles. The van der Waals surface area contributed by atoms with Crippen LogP contribution in [0.25, 0.3) is 0 Å². The van der Waals surface area contributed by atoms with E-state index in [-0.39, 0.29) is 24.3 Å². The predicted octanol–water partition coefficient (Wildman–Crippen LogP) is 4.51. The number of anilines is 1. The van der Waals surface area contributed by atoms with Crippen molar-refractivity contribution in [3.8, 4) is 0 Å². The molecular formula is C38H39N3O5. The van der Waals surface area contributed by atoms with Crippen LogP contribution in [0.15, 0.2) is 103 Å². The maximum atomic E-state index is 15.0. The number of carbonyl (C=O) groups excluding carboxylic acids is 3. The zero-order valence-electron chi connectivity index (χ0n) is 26.4. The minimum atomic E-state index is -1.43. The number of likely N-dealkylation sites (tertiary alicyclic amines) is 1. The predicted molar refractivity (Wildman–Crippen MR) is 175 cm³/mol. The molecule has 4 aliphatic rings. The Bertz CT molecular complexity index is 1740. The van der Waals surface area contributed by atoms with E-state index in [2.05, 4.69) is 0 Å². The number of aliphatic hydroxyl groups excluding tert-OH is 1. The highest BCUT2D eigenvalue weighted by atomic mass is 16.5. The molecule has 46 heavy (non-hydrogen) atoms. The molecular weight excluding hydrogens is 578 g/mol. The maximum absolute atomic E-state index is 15.0. The van der Waals surface area contributed by atoms with Gasteiger partial charge in [-0.15, -0.1) is 0 Å². The summed E-state index contributed by atoms with van der Waals surface area (Å²) in [5, 5.41) is 10.9. The molecule has 1 spiro atoms. The lowest BCUT2D eigenvalue weighted by Gasteiger charge is -2.40. The van der Waals surface area contributed by atoms with Crippen LogP contribution in [0.4, 0.5) is 5.69 Å². The van der Waals surface area contributed by atoms with Gasteiger partial charge < -0.3 is 24.5 Å². The van der Waals surface area contributed by atoms with Gasteiger partial charge in [0.05, 0.1) is 30.1 Å². The Balaban J connectivity index is 1.38. The van der Waals surface area contributed by atoms with Gasteiger partial charge in [-0.3, -0.25) is 14.4 Å². The second-order valence-electron chi connectivity index (χ2n) is 13.1. The molecule has 4 heterocycles. The molecule has 1 unspecified atom stereocenters.